The Morgan fingerprint density at radius 2 is 1.75 bits per heavy atom. The van der Waals surface area contributed by atoms with Gasteiger partial charge in [0.25, 0.3) is 0 Å². The lowest BCUT2D eigenvalue weighted by atomic mass is 10.1. The lowest BCUT2D eigenvalue weighted by Gasteiger charge is -2.07. The van der Waals surface area contributed by atoms with Gasteiger partial charge in [0.05, 0.1) is 5.37 Å². The molecule has 0 fully saturated rings. The second-order valence-electron chi connectivity index (χ2n) is 4.76. The lowest BCUT2D eigenvalue weighted by Crippen LogP contribution is -2.06. The Bertz CT molecular complexity index is 213. The molecule has 1 rings (SSSR count). The van der Waals surface area contributed by atoms with Gasteiger partial charge in [0.1, 0.15) is 0 Å². The van der Waals surface area contributed by atoms with E-state index in [0.717, 1.165) is 6.42 Å². The van der Waals surface area contributed by atoms with E-state index in [9.17, 15) is 0 Å². The first-order chi connectivity index (χ1) is 7.77. The van der Waals surface area contributed by atoms with Crippen LogP contribution >= 0.6 is 11.8 Å². The zero-order valence-corrected chi connectivity index (χ0v) is 12.0. The minimum atomic E-state index is 0.580. The van der Waals surface area contributed by atoms with E-state index in [1.54, 1.807) is 0 Å². The van der Waals surface area contributed by atoms with Crippen LogP contribution in [0, 0.1) is 0 Å². The summed E-state index contributed by atoms with van der Waals surface area (Å²) in [5.74, 6) is 0. The molecular weight excluding hydrogens is 214 g/mol. The lowest BCUT2D eigenvalue weighted by molar-refractivity contribution is 0.586. The first-order valence-electron chi connectivity index (χ1n) is 7.00. The highest BCUT2D eigenvalue weighted by Crippen LogP contribution is 2.32. The van der Waals surface area contributed by atoms with Crippen molar-refractivity contribution in [3.8, 4) is 0 Å². The van der Waals surface area contributed by atoms with E-state index in [-0.39, 0.29) is 0 Å². The van der Waals surface area contributed by atoms with Crippen LogP contribution in [0.1, 0.15) is 72.1 Å². The molecule has 1 aliphatic rings. The topological polar surface area (TPSA) is 12.4 Å². The molecule has 1 heterocycles. The third-order valence-electron chi connectivity index (χ3n) is 3.31. The fraction of sp³-hybridized carbons (Fsp3) is 0.929. The summed E-state index contributed by atoms with van der Waals surface area (Å²) < 4.78 is 0. The Morgan fingerprint density at radius 3 is 2.38 bits per heavy atom. The Labute approximate surface area is 105 Å². The highest BCUT2D eigenvalue weighted by molar-refractivity contribution is 8.01. The molecule has 1 aliphatic heterocycles. The number of hydrogen-bond donors (Lipinski definition) is 0. The van der Waals surface area contributed by atoms with Gasteiger partial charge < -0.3 is 0 Å². The van der Waals surface area contributed by atoms with E-state index in [1.807, 2.05) is 0 Å². The van der Waals surface area contributed by atoms with Gasteiger partial charge in [-0.05, 0) is 19.8 Å². The quantitative estimate of drug-likeness (QED) is 0.542. The molecule has 0 aromatic rings. The summed E-state index contributed by atoms with van der Waals surface area (Å²) in [7, 11) is 0. The predicted molar refractivity (Wildman–Crippen MR) is 76.6 cm³/mol. The van der Waals surface area contributed by atoms with E-state index in [4.69, 9.17) is 4.99 Å². The number of nitrogens with zero attached hydrogens (tertiary/aromatic N) is 1. The molecule has 0 spiro atoms. The number of aliphatic imine (C=N–C) groups is 1. The van der Waals surface area contributed by atoms with Crippen LogP contribution in [0.5, 0.6) is 0 Å². The Kier molecular flexibility index (Phi) is 7.18. The van der Waals surface area contributed by atoms with E-state index >= 15 is 0 Å². The van der Waals surface area contributed by atoms with Gasteiger partial charge in [0, 0.05) is 11.0 Å². The predicted octanol–water partition coefficient (Wildman–Crippen LogP) is 5.05. The van der Waals surface area contributed by atoms with Crippen molar-refractivity contribution in [2.24, 2.45) is 4.99 Å². The molecule has 1 nitrogen and oxygen atoms in total. The minimum Gasteiger partial charge on any atom is -0.279 e. The van der Waals surface area contributed by atoms with E-state index < -0.39 is 0 Å². The summed E-state index contributed by atoms with van der Waals surface area (Å²) in [6.07, 6.45) is 10.8. The average Bonchev–Trinajstić information content (AvgIpc) is 2.64. The Balaban J connectivity index is 2.04. The summed E-state index contributed by atoms with van der Waals surface area (Å²) in [5, 5.41) is 1.26. The van der Waals surface area contributed by atoms with Crippen LogP contribution in [-0.2, 0) is 0 Å². The zero-order valence-electron chi connectivity index (χ0n) is 11.2. The molecule has 2 atom stereocenters. The van der Waals surface area contributed by atoms with Crippen LogP contribution in [0.2, 0.25) is 0 Å². The molecule has 0 aliphatic carbocycles. The summed E-state index contributed by atoms with van der Waals surface area (Å²) in [6.45, 7) is 6.80. The maximum atomic E-state index is 4.80. The third-order valence-corrected chi connectivity index (χ3v) is 4.64. The smallest absolute Gasteiger partial charge is 0.0957 e. The molecule has 0 aromatic heterocycles. The maximum Gasteiger partial charge on any atom is 0.0957 e. The standard InChI is InChI=1S/C14H27NS/c1-4-6-7-8-9-10-11-14-15-13(5-2)12(3)16-14/h12,14H,4-11H2,1-3H3/t12-,14+/m0/s1. The van der Waals surface area contributed by atoms with Crippen LogP contribution < -0.4 is 0 Å². The largest absolute Gasteiger partial charge is 0.279 e. The number of hydrogen-bond acceptors (Lipinski definition) is 2. The SMILES string of the molecule is CCCCCCCC[C@@H]1N=C(CC)[C@H](C)S1. The second-order valence-corrected chi connectivity index (χ2v) is 6.29. The van der Waals surface area contributed by atoms with Crippen molar-refractivity contribution in [1.82, 2.24) is 0 Å². The van der Waals surface area contributed by atoms with E-state index in [1.165, 1.54) is 50.7 Å². The first-order valence-corrected chi connectivity index (χ1v) is 7.94. The highest BCUT2D eigenvalue weighted by atomic mass is 32.2. The van der Waals surface area contributed by atoms with Gasteiger partial charge in [-0.3, -0.25) is 4.99 Å². The maximum absolute atomic E-state index is 4.80. The Hall–Kier alpha value is 0.0200. The molecular formula is C14H27NS. The van der Waals surface area contributed by atoms with Gasteiger partial charge in [0.15, 0.2) is 0 Å². The second kappa shape index (κ2) is 8.16. The molecule has 0 saturated heterocycles. The van der Waals surface area contributed by atoms with Crippen LogP contribution in [0.25, 0.3) is 0 Å². The van der Waals surface area contributed by atoms with Crippen LogP contribution in [0.3, 0.4) is 0 Å². The number of thioether (sulfide) groups is 1. The van der Waals surface area contributed by atoms with Crippen molar-refractivity contribution in [2.75, 3.05) is 0 Å². The minimum absolute atomic E-state index is 0.580. The van der Waals surface area contributed by atoms with Gasteiger partial charge in [-0.1, -0.05) is 52.4 Å². The van der Waals surface area contributed by atoms with E-state index in [2.05, 4.69) is 32.5 Å². The van der Waals surface area contributed by atoms with Gasteiger partial charge in [-0.2, -0.15) is 0 Å². The van der Waals surface area contributed by atoms with Gasteiger partial charge in [-0.15, -0.1) is 11.8 Å². The van der Waals surface area contributed by atoms with Gasteiger partial charge in [0.2, 0.25) is 0 Å². The normalized spacial score (nSPS) is 24.8. The fourth-order valence-corrected chi connectivity index (χ4v) is 3.60. The van der Waals surface area contributed by atoms with Crippen LogP contribution in [0.4, 0.5) is 0 Å². The van der Waals surface area contributed by atoms with Crippen molar-refractivity contribution in [3.05, 3.63) is 0 Å². The summed E-state index contributed by atoms with van der Waals surface area (Å²) >= 11 is 2.06. The van der Waals surface area contributed by atoms with Crippen LogP contribution in [0.15, 0.2) is 4.99 Å². The molecule has 0 amide bonds. The zero-order chi connectivity index (χ0) is 11.8. The molecule has 0 unspecified atom stereocenters. The molecule has 0 radical (unpaired) electrons. The molecule has 0 aromatic carbocycles. The van der Waals surface area contributed by atoms with E-state index in [0.29, 0.717) is 10.6 Å². The van der Waals surface area contributed by atoms with Gasteiger partial charge in [-0.25, -0.2) is 0 Å². The van der Waals surface area contributed by atoms with Crippen LogP contribution in [-0.4, -0.2) is 16.3 Å². The Morgan fingerprint density at radius 1 is 1.06 bits per heavy atom. The highest BCUT2D eigenvalue weighted by Gasteiger charge is 2.23. The summed E-state index contributed by atoms with van der Waals surface area (Å²) in [5.41, 5.74) is 1.43. The average molecular weight is 241 g/mol. The van der Waals surface area contributed by atoms with Gasteiger partial charge >= 0.3 is 0 Å². The van der Waals surface area contributed by atoms with Crippen molar-refractivity contribution >= 4 is 17.5 Å². The van der Waals surface area contributed by atoms with Crippen molar-refractivity contribution in [2.45, 2.75) is 82.8 Å². The molecule has 0 bridgehead atoms. The summed E-state index contributed by atoms with van der Waals surface area (Å²) in [6, 6.07) is 0. The summed E-state index contributed by atoms with van der Waals surface area (Å²) in [4.78, 5) is 4.80. The van der Waals surface area contributed by atoms with Crippen molar-refractivity contribution < 1.29 is 0 Å². The monoisotopic (exact) mass is 241 g/mol. The molecule has 0 saturated carbocycles. The molecule has 2 heteroatoms. The molecule has 94 valence electrons. The number of unbranched alkanes of at least 4 members (excludes halogenated alkanes) is 5. The molecule has 0 N–H and O–H groups in total. The fourth-order valence-electron chi connectivity index (χ4n) is 2.25. The first kappa shape index (κ1) is 14.1. The van der Waals surface area contributed by atoms with Crippen molar-refractivity contribution in [1.29, 1.82) is 0 Å². The van der Waals surface area contributed by atoms with Crippen molar-refractivity contribution in [3.63, 3.8) is 0 Å². The molecule has 16 heavy (non-hydrogen) atoms. The third kappa shape index (κ3) is 4.90. The number of rotatable bonds is 8.